The standard InChI is InChI=1S/C27H33F3NP/c1-4-8-23-16-26-18-32(26)25(12-11-24(26)14-20(23)5-2)15-22-10-7-6-9-21(22)13-19(3)31-17-27(28,29)30/h4,6-10,14,25,31H,3,5,11-13,15-18H2,1-2H3/b8-4-. The second kappa shape index (κ2) is 9.21. The molecule has 2 fully saturated rings. The lowest BCUT2D eigenvalue weighted by atomic mass is 9.81. The van der Waals surface area contributed by atoms with Crippen LogP contribution in [0, 0.1) is 0 Å². The molecule has 2 aliphatic heterocycles. The number of hydrogen-bond donors (Lipinski definition) is 1. The summed E-state index contributed by atoms with van der Waals surface area (Å²) in [4.78, 5) is 0. The Labute approximate surface area is 191 Å². The Morgan fingerprint density at radius 3 is 2.72 bits per heavy atom. The van der Waals surface area contributed by atoms with E-state index in [1.165, 1.54) is 42.1 Å². The topological polar surface area (TPSA) is 12.0 Å². The van der Waals surface area contributed by atoms with E-state index in [4.69, 9.17) is 0 Å². The fraction of sp³-hybridized carbons (Fsp3) is 0.481. The predicted octanol–water partition coefficient (Wildman–Crippen LogP) is 7.45. The van der Waals surface area contributed by atoms with Crippen molar-refractivity contribution in [1.29, 1.82) is 0 Å². The molecule has 1 N–H and O–H groups in total. The van der Waals surface area contributed by atoms with Crippen molar-refractivity contribution in [2.24, 2.45) is 0 Å². The van der Waals surface area contributed by atoms with Crippen molar-refractivity contribution in [2.75, 3.05) is 12.7 Å². The maximum atomic E-state index is 12.5. The van der Waals surface area contributed by atoms with Crippen molar-refractivity contribution in [3.63, 3.8) is 0 Å². The van der Waals surface area contributed by atoms with Crippen LogP contribution in [0.1, 0.15) is 50.7 Å². The average molecular weight is 460 g/mol. The molecule has 0 aromatic heterocycles. The van der Waals surface area contributed by atoms with Crippen molar-refractivity contribution in [3.05, 3.63) is 82.6 Å². The van der Waals surface area contributed by atoms with Crippen LogP contribution in [-0.4, -0.2) is 29.7 Å². The number of halogens is 3. The monoisotopic (exact) mass is 459 g/mol. The molecule has 4 rings (SSSR count). The van der Waals surface area contributed by atoms with Crippen LogP contribution in [0.25, 0.3) is 0 Å². The molecule has 1 nitrogen and oxygen atoms in total. The van der Waals surface area contributed by atoms with Crippen LogP contribution in [0.3, 0.4) is 0 Å². The molecule has 0 saturated carbocycles. The first-order chi connectivity index (χ1) is 15.3. The second-order valence-corrected chi connectivity index (χ2v) is 12.2. The molecular formula is C27H33F3NP. The summed E-state index contributed by atoms with van der Waals surface area (Å²) in [6, 6.07) is 8.23. The number of nitrogens with one attached hydrogen (secondary N) is 1. The minimum Gasteiger partial charge on any atom is -0.380 e. The second-order valence-electron chi connectivity index (χ2n) is 9.32. The first kappa shape index (κ1) is 23.4. The SMILES string of the molecule is C=C(Cc1ccccc1CC1CCC2=CC(CC)=C(/C=C\C)CC23CP13)NCC(F)(F)F. The maximum absolute atomic E-state index is 12.5. The van der Waals surface area contributed by atoms with Gasteiger partial charge in [-0.25, -0.2) is 0 Å². The lowest BCUT2D eigenvalue weighted by Gasteiger charge is -2.35. The molecule has 1 spiro atoms. The quantitative estimate of drug-likeness (QED) is 0.398. The van der Waals surface area contributed by atoms with Gasteiger partial charge in [0.2, 0.25) is 0 Å². The van der Waals surface area contributed by atoms with Crippen molar-refractivity contribution in [2.45, 2.75) is 69.4 Å². The smallest absolute Gasteiger partial charge is 0.380 e. The Morgan fingerprint density at radius 1 is 1.28 bits per heavy atom. The van der Waals surface area contributed by atoms with Gasteiger partial charge < -0.3 is 5.32 Å². The Hall–Kier alpha value is -1.80. The maximum Gasteiger partial charge on any atom is 0.405 e. The molecule has 32 heavy (non-hydrogen) atoms. The van der Waals surface area contributed by atoms with Gasteiger partial charge in [0.1, 0.15) is 6.54 Å². The fourth-order valence-electron chi connectivity index (χ4n) is 5.54. The molecule has 172 valence electrons. The zero-order valence-electron chi connectivity index (χ0n) is 19.1. The van der Waals surface area contributed by atoms with Crippen molar-refractivity contribution in [1.82, 2.24) is 5.32 Å². The summed E-state index contributed by atoms with van der Waals surface area (Å²) in [5.74, 6) is 0. The van der Waals surface area contributed by atoms with Crippen LogP contribution in [0.5, 0.6) is 0 Å². The number of hydrogen-bond acceptors (Lipinski definition) is 1. The van der Waals surface area contributed by atoms with Gasteiger partial charge in [0.15, 0.2) is 0 Å². The molecule has 1 aromatic rings. The highest BCUT2D eigenvalue weighted by Gasteiger charge is 2.61. The van der Waals surface area contributed by atoms with Gasteiger partial charge in [-0.05, 0) is 73.1 Å². The average Bonchev–Trinajstić information content (AvgIpc) is 3.48. The zero-order valence-corrected chi connectivity index (χ0v) is 20.0. The van der Waals surface area contributed by atoms with Crippen LogP contribution in [0.15, 0.2) is 71.5 Å². The highest BCUT2D eigenvalue weighted by Crippen LogP contribution is 2.81. The molecular weight excluding hydrogens is 426 g/mol. The van der Waals surface area contributed by atoms with E-state index >= 15 is 0 Å². The number of allylic oxidation sites excluding steroid dienone is 7. The van der Waals surface area contributed by atoms with E-state index in [1.54, 1.807) is 5.57 Å². The highest BCUT2D eigenvalue weighted by atomic mass is 31.1. The van der Waals surface area contributed by atoms with E-state index in [1.807, 2.05) is 12.1 Å². The summed E-state index contributed by atoms with van der Waals surface area (Å²) in [7, 11) is -0.0298. The van der Waals surface area contributed by atoms with Gasteiger partial charge in [0.25, 0.3) is 0 Å². The molecule has 3 aliphatic rings. The molecule has 1 aliphatic carbocycles. The number of rotatable bonds is 8. The van der Waals surface area contributed by atoms with Crippen LogP contribution in [-0.2, 0) is 12.8 Å². The van der Waals surface area contributed by atoms with Gasteiger partial charge in [-0.1, -0.05) is 69.5 Å². The molecule has 2 saturated heterocycles. The number of alkyl halides is 3. The van der Waals surface area contributed by atoms with E-state index in [-0.39, 0.29) is 7.92 Å². The molecule has 3 atom stereocenters. The van der Waals surface area contributed by atoms with Crippen molar-refractivity contribution in [3.8, 4) is 0 Å². The first-order valence-electron chi connectivity index (χ1n) is 11.6. The summed E-state index contributed by atoms with van der Waals surface area (Å²) >= 11 is 0. The van der Waals surface area contributed by atoms with E-state index in [9.17, 15) is 13.2 Å². The molecule has 1 aromatic carbocycles. The summed E-state index contributed by atoms with van der Waals surface area (Å²) < 4.78 is 37.6. The third-order valence-corrected chi connectivity index (χ3v) is 10.7. The van der Waals surface area contributed by atoms with Gasteiger partial charge >= 0.3 is 6.18 Å². The molecule has 3 unspecified atom stereocenters. The molecule has 2 heterocycles. The van der Waals surface area contributed by atoms with Gasteiger partial charge in [0, 0.05) is 17.3 Å². The summed E-state index contributed by atoms with van der Waals surface area (Å²) in [5, 5.41) is 2.88. The third-order valence-electron chi connectivity index (χ3n) is 7.17. The molecule has 0 radical (unpaired) electrons. The van der Waals surface area contributed by atoms with Crippen molar-refractivity contribution >= 4 is 7.92 Å². The van der Waals surface area contributed by atoms with Crippen LogP contribution < -0.4 is 5.32 Å². The first-order valence-corrected chi connectivity index (χ1v) is 13.2. The summed E-state index contributed by atoms with van der Waals surface area (Å²) in [6.07, 6.45) is 10.3. The van der Waals surface area contributed by atoms with Crippen LogP contribution >= 0.6 is 7.92 Å². The van der Waals surface area contributed by atoms with E-state index in [2.05, 4.69) is 56.1 Å². The van der Waals surface area contributed by atoms with Crippen LogP contribution in [0.2, 0.25) is 0 Å². The van der Waals surface area contributed by atoms with Crippen molar-refractivity contribution < 1.29 is 13.2 Å². The lowest BCUT2D eigenvalue weighted by Crippen LogP contribution is -2.28. The summed E-state index contributed by atoms with van der Waals surface area (Å²) in [6.45, 7) is 7.16. The Morgan fingerprint density at radius 2 is 2.03 bits per heavy atom. The minimum atomic E-state index is -4.23. The Kier molecular flexibility index (Phi) is 6.73. The largest absolute Gasteiger partial charge is 0.405 e. The molecule has 5 heteroatoms. The highest BCUT2D eigenvalue weighted by molar-refractivity contribution is 7.68. The van der Waals surface area contributed by atoms with E-state index in [0.717, 1.165) is 18.4 Å². The van der Waals surface area contributed by atoms with Crippen LogP contribution in [0.4, 0.5) is 13.2 Å². The molecule has 0 bridgehead atoms. The minimum absolute atomic E-state index is 0.0298. The van der Waals surface area contributed by atoms with Gasteiger partial charge in [-0.2, -0.15) is 13.2 Å². The Bertz CT molecular complexity index is 971. The van der Waals surface area contributed by atoms with Gasteiger partial charge in [0.05, 0.1) is 0 Å². The fourth-order valence-corrected chi connectivity index (χ4v) is 9.33. The number of benzene rings is 1. The normalized spacial score (nSPS) is 27.1. The predicted molar refractivity (Wildman–Crippen MR) is 129 cm³/mol. The summed E-state index contributed by atoms with van der Waals surface area (Å²) in [5.41, 5.74) is 8.25. The van der Waals surface area contributed by atoms with E-state index in [0.29, 0.717) is 22.9 Å². The third kappa shape index (κ3) is 4.91. The van der Waals surface area contributed by atoms with Gasteiger partial charge in [-0.15, -0.1) is 0 Å². The van der Waals surface area contributed by atoms with E-state index < -0.39 is 12.7 Å². The Balaban J connectivity index is 1.45. The van der Waals surface area contributed by atoms with Gasteiger partial charge in [-0.3, -0.25) is 0 Å². The lowest BCUT2D eigenvalue weighted by molar-refractivity contribution is -0.123. The zero-order chi connectivity index (χ0) is 22.9. The molecule has 0 amide bonds.